The zero-order valence-corrected chi connectivity index (χ0v) is 12.0. The summed E-state index contributed by atoms with van der Waals surface area (Å²) < 4.78 is 4.97. The molecule has 0 bridgehead atoms. The second-order valence-electron chi connectivity index (χ2n) is 4.16. The number of nitrogens with one attached hydrogen (secondary N) is 1. The van der Waals surface area contributed by atoms with Gasteiger partial charge in [-0.15, -0.1) is 11.3 Å². The lowest BCUT2D eigenvalue weighted by Gasteiger charge is -2.07. The van der Waals surface area contributed by atoms with Gasteiger partial charge in [-0.3, -0.25) is 14.9 Å². The minimum absolute atomic E-state index is 0.0685. The van der Waals surface area contributed by atoms with E-state index < -0.39 is 10.8 Å². The van der Waals surface area contributed by atoms with E-state index in [9.17, 15) is 14.9 Å². The van der Waals surface area contributed by atoms with Crippen molar-refractivity contribution in [3.63, 3.8) is 0 Å². The number of carbonyl (C=O) groups excluding carboxylic acids is 1. The number of nitro benzene ring substituents is 1. The molecule has 1 aromatic carbocycles. The normalized spacial score (nSPS) is 10.1. The Hall–Kier alpha value is -2.61. The smallest absolute Gasteiger partial charge is 0.296 e. The number of methoxy groups -OCH3 is 1. The van der Waals surface area contributed by atoms with Gasteiger partial charge in [-0.05, 0) is 18.2 Å². The monoisotopic (exact) mass is 307 g/mol. The van der Waals surface area contributed by atoms with E-state index >= 15 is 0 Å². The van der Waals surface area contributed by atoms with Crippen LogP contribution in [0.2, 0.25) is 0 Å². The molecule has 0 aliphatic carbocycles. The maximum Gasteiger partial charge on any atom is 0.296 e. The number of nitrogens with zero attached hydrogens (tertiary/aromatic N) is 1. The molecule has 110 valence electrons. The van der Waals surface area contributed by atoms with E-state index in [0.29, 0.717) is 23.5 Å². The molecule has 1 aromatic heterocycles. The minimum atomic E-state index is -0.493. The Kier molecular flexibility index (Phi) is 4.39. The summed E-state index contributed by atoms with van der Waals surface area (Å²) in [5, 5.41) is 15.7. The molecule has 0 unspecified atom stereocenters. The van der Waals surface area contributed by atoms with E-state index in [-0.39, 0.29) is 5.69 Å². The molecule has 2 rings (SSSR count). The van der Waals surface area contributed by atoms with E-state index in [1.807, 2.05) is 0 Å². The average Bonchev–Trinajstić information content (AvgIpc) is 2.94. The second kappa shape index (κ2) is 6.23. The average molecular weight is 307 g/mol. The second-order valence-corrected chi connectivity index (χ2v) is 5.16. The summed E-state index contributed by atoms with van der Waals surface area (Å²) in [6.45, 7) is 0.366. The number of ether oxygens (including phenoxy) is 1. The summed E-state index contributed by atoms with van der Waals surface area (Å²) in [4.78, 5) is 22.4. The van der Waals surface area contributed by atoms with E-state index in [1.54, 1.807) is 23.6 Å². The highest BCUT2D eigenvalue weighted by Gasteiger charge is 2.15. The van der Waals surface area contributed by atoms with Gasteiger partial charge in [0.05, 0.1) is 23.7 Å². The first-order valence-electron chi connectivity index (χ1n) is 5.94. The SMILES string of the molecule is COc1ccc(NCc2cc(C(N)=O)cs2)c([N+](=O)[O-])c1. The Morgan fingerprint density at radius 3 is 2.81 bits per heavy atom. The lowest BCUT2D eigenvalue weighted by atomic mass is 10.2. The first-order valence-corrected chi connectivity index (χ1v) is 6.82. The fraction of sp³-hybridized carbons (Fsp3) is 0.154. The molecule has 0 atom stereocenters. The van der Waals surface area contributed by atoms with Gasteiger partial charge in [0.25, 0.3) is 5.69 Å². The van der Waals surface area contributed by atoms with Crippen molar-refractivity contribution in [1.29, 1.82) is 0 Å². The Morgan fingerprint density at radius 2 is 2.24 bits per heavy atom. The van der Waals surface area contributed by atoms with E-state index in [1.165, 1.54) is 24.5 Å². The topological polar surface area (TPSA) is 107 Å². The molecule has 0 fully saturated rings. The Labute approximate surface area is 124 Å². The molecule has 1 heterocycles. The van der Waals surface area contributed by atoms with Crippen molar-refractivity contribution in [1.82, 2.24) is 0 Å². The predicted molar refractivity (Wildman–Crippen MR) is 79.8 cm³/mol. The van der Waals surface area contributed by atoms with Crippen molar-refractivity contribution in [2.75, 3.05) is 12.4 Å². The molecule has 1 amide bonds. The number of primary amides is 1. The van der Waals surface area contributed by atoms with Gasteiger partial charge in [-0.2, -0.15) is 0 Å². The van der Waals surface area contributed by atoms with Gasteiger partial charge >= 0.3 is 0 Å². The van der Waals surface area contributed by atoms with Crippen LogP contribution < -0.4 is 15.8 Å². The van der Waals surface area contributed by atoms with Gasteiger partial charge in [-0.1, -0.05) is 0 Å². The Bertz CT molecular complexity index is 684. The minimum Gasteiger partial charge on any atom is -0.496 e. The summed E-state index contributed by atoms with van der Waals surface area (Å²) >= 11 is 1.36. The van der Waals surface area contributed by atoms with E-state index in [0.717, 1.165) is 4.88 Å². The number of nitrogens with two attached hydrogens (primary N) is 1. The third-order valence-corrected chi connectivity index (χ3v) is 3.73. The number of thiophene rings is 1. The zero-order chi connectivity index (χ0) is 15.4. The number of hydrogen-bond acceptors (Lipinski definition) is 6. The lowest BCUT2D eigenvalue weighted by molar-refractivity contribution is -0.384. The van der Waals surface area contributed by atoms with Crippen LogP contribution in [0.1, 0.15) is 15.2 Å². The van der Waals surface area contributed by atoms with Gasteiger partial charge in [0.2, 0.25) is 5.91 Å². The Balaban J connectivity index is 2.15. The van der Waals surface area contributed by atoms with Crippen molar-refractivity contribution in [3.8, 4) is 5.75 Å². The molecule has 3 N–H and O–H groups in total. The van der Waals surface area contributed by atoms with Gasteiger partial charge in [0, 0.05) is 16.8 Å². The maximum atomic E-state index is 11.0. The third-order valence-electron chi connectivity index (χ3n) is 2.79. The summed E-state index contributed by atoms with van der Waals surface area (Å²) in [7, 11) is 1.45. The van der Waals surface area contributed by atoms with Crippen LogP contribution in [-0.2, 0) is 6.54 Å². The number of amides is 1. The number of benzene rings is 1. The number of anilines is 1. The van der Waals surface area contributed by atoms with Crippen LogP contribution in [0.3, 0.4) is 0 Å². The van der Waals surface area contributed by atoms with E-state index in [2.05, 4.69) is 5.32 Å². The molecule has 0 saturated carbocycles. The number of nitro groups is 1. The predicted octanol–water partition coefficient (Wildman–Crippen LogP) is 2.38. The van der Waals surface area contributed by atoms with Gasteiger partial charge in [-0.25, -0.2) is 0 Å². The standard InChI is InChI=1S/C13H13N3O4S/c1-20-9-2-3-11(12(5-9)16(18)19)15-6-10-4-8(7-21-10)13(14)17/h2-5,7,15H,6H2,1H3,(H2,14,17). The molecular weight excluding hydrogens is 294 g/mol. The van der Waals surface area contributed by atoms with Crippen molar-refractivity contribution >= 4 is 28.6 Å². The highest BCUT2D eigenvalue weighted by atomic mass is 32.1. The molecule has 0 aliphatic heterocycles. The first kappa shape index (κ1) is 14.8. The highest BCUT2D eigenvalue weighted by Crippen LogP contribution is 2.29. The van der Waals surface area contributed by atoms with Crippen LogP contribution >= 0.6 is 11.3 Å². The summed E-state index contributed by atoms with van der Waals surface area (Å²) in [5.74, 6) is -0.0766. The lowest BCUT2D eigenvalue weighted by Crippen LogP contribution is -2.09. The molecule has 8 heteroatoms. The van der Waals surface area contributed by atoms with Crippen molar-refractivity contribution < 1.29 is 14.5 Å². The first-order chi connectivity index (χ1) is 10.0. The van der Waals surface area contributed by atoms with Crippen LogP contribution in [0, 0.1) is 10.1 Å². The van der Waals surface area contributed by atoms with Crippen LogP contribution in [-0.4, -0.2) is 17.9 Å². The van der Waals surface area contributed by atoms with Crippen LogP contribution in [0.15, 0.2) is 29.6 Å². The van der Waals surface area contributed by atoms with Gasteiger partial charge < -0.3 is 15.8 Å². The quantitative estimate of drug-likeness (QED) is 0.629. The van der Waals surface area contributed by atoms with Crippen molar-refractivity contribution in [2.24, 2.45) is 5.73 Å². The molecule has 0 aliphatic rings. The van der Waals surface area contributed by atoms with Crippen LogP contribution in [0.5, 0.6) is 5.75 Å². The number of rotatable bonds is 6. The third kappa shape index (κ3) is 3.48. The summed E-state index contributed by atoms with van der Waals surface area (Å²) in [6, 6.07) is 6.24. The Morgan fingerprint density at radius 1 is 1.48 bits per heavy atom. The fourth-order valence-electron chi connectivity index (χ4n) is 1.72. The largest absolute Gasteiger partial charge is 0.496 e. The molecular formula is C13H13N3O4S. The van der Waals surface area contributed by atoms with Gasteiger partial charge in [0.1, 0.15) is 11.4 Å². The molecule has 0 spiro atoms. The van der Waals surface area contributed by atoms with Gasteiger partial charge in [0.15, 0.2) is 0 Å². The molecule has 0 saturated heterocycles. The highest BCUT2D eigenvalue weighted by molar-refractivity contribution is 7.10. The summed E-state index contributed by atoms with van der Waals surface area (Å²) in [5.41, 5.74) is 5.92. The number of hydrogen-bond donors (Lipinski definition) is 2. The van der Waals surface area contributed by atoms with Crippen LogP contribution in [0.4, 0.5) is 11.4 Å². The summed E-state index contributed by atoms with van der Waals surface area (Å²) in [6.07, 6.45) is 0. The maximum absolute atomic E-state index is 11.0. The van der Waals surface area contributed by atoms with E-state index in [4.69, 9.17) is 10.5 Å². The molecule has 0 radical (unpaired) electrons. The molecule has 7 nitrogen and oxygen atoms in total. The van der Waals surface area contributed by atoms with Crippen molar-refractivity contribution in [3.05, 3.63) is 50.2 Å². The number of carbonyl (C=O) groups is 1. The van der Waals surface area contributed by atoms with Crippen LogP contribution in [0.25, 0.3) is 0 Å². The molecule has 21 heavy (non-hydrogen) atoms. The van der Waals surface area contributed by atoms with Crippen molar-refractivity contribution in [2.45, 2.75) is 6.54 Å². The zero-order valence-electron chi connectivity index (χ0n) is 11.2. The molecule has 2 aromatic rings. The fourth-order valence-corrected chi connectivity index (χ4v) is 2.54.